The first kappa shape index (κ1) is 9.43. The first-order chi connectivity index (χ1) is 4.57. The normalized spacial score (nSPS) is 16.3. The molecule has 0 bridgehead atoms. The van der Waals surface area contributed by atoms with Crippen molar-refractivity contribution in [3.63, 3.8) is 0 Å². The van der Waals surface area contributed by atoms with E-state index in [9.17, 15) is 4.79 Å². The molecule has 3 heteroatoms. The SMILES string of the molecule is CC(CN)C[C@H](C)C(=O)O. The smallest absolute Gasteiger partial charge is 0.306 e. The van der Waals surface area contributed by atoms with Crippen LogP contribution in [0.15, 0.2) is 0 Å². The largest absolute Gasteiger partial charge is 0.481 e. The van der Waals surface area contributed by atoms with Gasteiger partial charge in [-0.1, -0.05) is 13.8 Å². The summed E-state index contributed by atoms with van der Waals surface area (Å²) in [5.74, 6) is -0.690. The Bertz CT molecular complexity index is 114. The molecule has 1 unspecified atom stereocenters. The molecule has 0 aromatic rings. The molecule has 2 atom stereocenters. The number of carbonyl (C=O) groups is 1. The van der Waals surface area contributed by atoms with Gasteiger partial charge in [-0.2, -0.15) is 0 Å². The minimum Gasteiger partial charge on any atom is -0.481 e. The van der Waals surface area contributed by atoms with Crippen molar-refractivity contribution in [1.29, 1.82) is 0 Å². The Morgan fingerprint density at radius 3 is 2.40 bits per heavy atom. The van der Waals surface area contributed by atoms with Crippen molar-refractivity contribution >= 4 is 5.97 Å². The average molecular weight is 145 g/mol. The maximum Gasteiger partial charge on any atom is 0.306 e. The van der Waals surface area contributed by atoms with Gasteiger partial charge in [0, 0.05) is 0 Å². The topological polar surface area (TPSA) is 63.3 Å². The van der Waals surface area contributed by atoms with Gasteiger partial charge in [0.25, 0.3) is 0 Å². The molecule has 0 aromatic heterocycles. The Kier molecular flexibility index (Phi) is 4.03. The van der Waals surface area contributed by atoms with Crippen LogP contribution in [0.3, 0.4) is 0 Å². The summed E-state index contributed by atoms with van der Waals surface area (Å²) in [4.78, 5) is 10.3. The van der Waals surface area contributed by atoms with Crippen LogP contribution in [-0.2, 0) is 4.79 Å². The van der Waals surface area contributed by atoms with Gasteiger partial charge in [0.1, 0.15) is 0 Å². The first-order valence-electron chi connectivity index (χ1n) is 3.50. The summed E-state index contributed by atoms with van der Waals surface area (Å²) in [5.41, 5.74) is 5.33. The van der Waals surface area contributed by atoms with E-state index in [1.54, 1.807) is 6.92 Å². The predicted octanol–water partition coefficient (Wildman–Crippen LogP) is 0.692. The second-order valence-electron chi connectivity index (χ2n) is 2.82. The maximum atomic E-state index is 10.3. The van der Waals surface area contributed by atoms with E-state index in [2.05, 4.69) is 0 Å². The van der Waals surface area contributed by atoms with E-state index in [0.29, 0.717) is 18.9 Å². The van der Waals surface area contributed by atoms with Crippen LogP contribution >= 0.6 is 0 Å². The maximum absolute atomic E-state index is 10.3. The van der Waals surface area contributed by atoms with Gasteiger partial charge in [0.2, 0.25) is 0 Å². The van der Waals surface area contributed by atoms with E-state index in [1.165, 1.54) is 0 Å². The second kappa shape index (κ2) is 4.28. The Hall–Kier alpha value is -0.570. The zero-order chi connectivity index (χ0) is 8.15. The molecule has 0 saturated carbocycles. The van der Waals surface area contributed by atoms with Crippen molar-refractivity contribution in [3.8, 4) is 0 Å². The van der Waals surface area contributed by atoms with Crippen LogP contribution in [0.2, 0.25) is 0 Å². The highest BCUT2D eigenvalue weighted by molar-refractivity contribution is 5.69. The van der Waals surface area contributed by atoms with Crippen LogP contribution in [-0.4, -0.2) is 17.6 Å². The van der Waals surface area contributed by atoms with E-state index in [4.69, 9.17) is 10.8 Å². The van der Waals surface area contributed by atoms with Gasteiger partial charge in [-0.25, -0.2) is 0 Å². The molecule has 0 fully saturated rings. The highest BCUT2D eigenvalue weighted by Gasteiger charge is 2.13. The third-order valence-electron chi connectivity index (χ3n) is 1.58. The summed E-state index contributed by atoms with van der Waals surface area (Å²) in [6.07, 6.45) is 0.672. The van der Waals surface area contributed by atoms with Crippen molar-refractivity contribution in [2.45, 2.75) is 20.3 Å². The number of carboxylic acid groups (broad SMARTS) is 1. The van der Waals surface area contributed by atoms with Gasteiger partial charge in [-0.3, -0.25) is 4.79 Å². The third kappa shape index (κ3) is 3.45. The lowest BCUT2D eigenvalue weighted by Gasteiger charge is -2.10. The van der Waals surface area contributed by atoms with Gasteiger partial charge >= 0.3 is 5.97 Å². The molecule has 10 heavy (non-hydrogen) atoms. The van der Waals surface area contributed by atoms with E-state index < -0.39 is 5.97 Å². The Balaban J connectivity index is 3.56. The lowest BCUT2D eigenvalue weighted by atomic mass is 9.98. The number of aliphatic carboxylic acids is 1. The van der Waals surface area contributed by atoms with Crippen molar-refractivity contribution < 1.29 is 9.90 Å². The number of hydrogen-bond acceptors (Lipinski definition) is 2. The van der Waals surface area contributed by atoms with Crippen molar-refractivity contribution in [2.24, 2.45) is 17.6 Å². The minimum absolute atomic E-state index is 0.265. The number of hydrogen-bond donors (Lipinski definition) is 2. The molecule has 0 aliphatic heterocycles. The molecule has 0 rings (SSSR count). The third-order valence-corrected chi connectivity index (χ3v) is 1.58. The van der Waals surface area contributed by atoms with Crippen molar-refractivity contribution in [2.75, 3.05) is 6.54 Å². The van der Waals surface area contributed by atoms with E-state index in [0.717, 1.165) is 0 Å². The van der Waals surface area contributed by atoms with Gasteiger partial charge in [-0.05, 0) is 18.9 Å². The quantitative estimate of drug-likeness (QED) is 0.611. The molecular formula is C7H15NO2. The van der Waals surface area contributed by atoms with Crippen LogP contribution in [0.1, 0.15) is 20.3 Å². The second-order valence-corrected chi connectivity index (χ2v) is 2.82. The Morgan fingerprint density at radius 1 is 1.60 bits per heavy atom. The lowest BCUT2D eigenvalue weighted by molar-refractivity contribution is -0.141. The van der Waals surface area contributed by atoms with Gasteiger partial charge in [-0.15, -0.1) is 0 Å². The standard InChI is InChI=1S/C7H15NO2/c1-5(4-8)3-6(2)7(9)10/h5-6H,3-4,8H2,1-2H3,(H,9,10)/t5?,6-/m0/s1. The van der Waals surface area contributed by atoms with Crippen molar-refractivity contribution in [1.82, 2.24) is 0 Å². The zero-order valence-electron chi connectivity index (χ0n) is 6.50. The predicted molar refractivity (Wildman–Crippen MR) is 39.6 cm³/mol. The van der Waals surface area contributed by atoms with E-state index in [-0.39, 0.29) is 5.92 Å². The molecule has 0 radical (unpaired) electrons. The summed E-state index contributed by atoms with van der Waals surface area (Å²) >= 11 is 0. The fraction of sp³-hybridized carbons (Fsp3) is 0.857. The number of rotatable bonds is 4. The summed E-state index contributed by atoms with van der Waals surface area (Å²) in [6, 6.07) is 0. The molecule has 0 spiro atoms. The van der Waals surface area contributed by atoms with Crippen LogP contribution in [0.4, 0.5) is 0 Å². The van der Waals surface area contributed by atoms with Gasteiger partial charge in [0.15, 0.2) is 0 Å². The highest BCUT2D eigenvalue weighted by atomic mass is 16.4. The van der Waals surface area contributed by atoms with Gasteiger partial charge in [0.05, 0.1) is 5.92 Å². The molecule has 0 aliphatic rings. The molecule has 3 nitrogen and oxygen atoms in total. The molecule has 3 N–H and O–H groups in total. The van der Waals surface area contributed by atoms with E-state index in [1.807, 2.05) is 6.92 Å². The summed E-state index contributed by atoms with van der Waals surface area (Å²) < 4.78 is 0. The summed E-state index contributed by atoms with van der Waals surface area (Å²) in [5, 5.41) is 8.49. The van der Waals surface area contributed by atoms with Crippen LogP contribution < -0.4 is 5.73 Å². The van der Waals surface area contributed by atoms with E-state index >= 15 is 0 Å². The molecule has 0 saturated heterocycles. The zero-order valence-corrected chi connectivity index (χ0v) is 6.50. The molecule has 60 valence electrons. The van der Waals surface area contributed by atoms with Crippen LogP contribution in [0.5, 0.6) is 0 Å². The summed E-state index contributed by atoms with van der Waals surface area (Å²) in [7, 11) is 0. The minimum atomic E-state index is -0.736. The Labute approximate surface area is 61.2 Å². The molecule has 0 aliphatic carbocycles. The van der Waals surface area contributed by atoms with Gasteiger partial charge < -0.3 is 10.8 Å². The lowest BCUT2D eigenvalue weighted by Crippen LogP contribution is -2.18. The molecule has 0 aromatic carbocycles. The number of nitrogens with two attached hydrogens (primary N) is 1. The van der Waals surface area contributed by atoms with Crippen LogP contribution in [0.25, 0.3) is 0 Å². The van der Waals surface area contributed by atoms with Crippen molar-refractivity contribution in [3.05, 3.63) is 0 Å². The molecular weight excluding hydrogens is 130 g/mol. The fourth-order valence-corrected chi connectivity index (χ4v) is 0.801. The summed E-state index contributed by atoms with van der Waals surface area (Å²) in [6.45, 7) is 4.23. The number of carboxylic acids is 1. The first-order valence-corrected chi connectivity index (χ1v) is 3.50. The Morgan fingerprint density at radius 2 is 2.10 bits per heavy atom. The fourth-order valence-electron chi connectivity index (χ4n) is 0.801. The molecule has 0 amide bonds. The monoisotopic (exact) mass is 145 g/mol. The molecule has 0 heterocycles. The highest BCUT2D eigenvalue weighted by Crippen LogP contribution is 2.09. The average Bonchev–Trinajstić information content (AvgIpc) is 1.87. The van der Waals surface area contributed by atoms with Crippen LogP contribution in [0, 0.1) is 11.8 Å².